The van der Waals surface area contributed by atoms with E-state index in [4.69, 9.17) is 4.74 Å². The molecule has 1 fully saturated rings. The third-order valence-electron chi connectivity index (χ3n) is 2.84. The number of hydrogen-bond acceptors (Lipinski definition) is 3. The lowest BCUT2D eigenvalue weighted by molar-refractivity contribution is 0.0285. The van der Waals surface area contributed by atoms with Gasteiger partial charge in [-0.3, -0.25) is 5.10 Å². The van der Waals surface area contributed by atoms with E-state index in [0.717, 1.165) is 40.8 Å². The zero-order chi connectivity index (χ0) is 11.0. The normalized spacial score (nSPS) is 21.4. The SMILES string of the molecule is Brc1[nH]nc2c(C3CNCCO3)cccc12. The second-order valence-electron chi connectivity index (χ2n) is 3.84. The van der Waals surface area contributed by atoms with Gasteiger partial charge in [0.1, 0.15) is 4.60 Å². The monoisotopic (exact) mass is 281 g/mol. The Labute approximate surface area is 101 Å². The largest absolute Gasteiger partial charge is 0.371 e. The van der Waals surface area contributed by atoms with Gasteiger partial charge in [0.15, 0.2) is 0 Å². The minimum Gasteiger partial charge on any atom is -0.371 e. The number of benzene rings is 1. The number of H-pyrrole nitrogens is 1. The van der Waals surface area contributed by atoms with Crippen LogP contribution in [-0.2, 0) is 4.74 Å². The van der Waals surface area contributed by atoms with Crippen molar-refractivity contribution in [2.24, 2.45) is 0 Å². The number of ether oxygens (including phenoxy) is 1. The molecule has 3 rings (SSSR count). The predicted octanol–water partition coefficient (Wildman–Crippen LogP) is 1.99. The Morgan fingerprint density at radius 1 is 1.44 bits per heavy atom. The quantitative estimate of drug-likeness (QED) is 0.841. The van der Waals surface area contributed by atoms with Gasteiger partial charge in [-0.2, -0.15) is 5.10 Å². The molecule has 0 saturated carbocycles. The van der Waals surface area contributed by atoms with Crippen LogP contribution in [0.15, 0.2) is 22.8 Å². The van der Waals surface area contributed by atoms with E-state index in [1.54, 1.807) is 0 Å². The third kappa shape index (κ3) is 1.65. The standard InChI is InChI=1S/C11H12BrN3O/c12-11-8-3-1-2-7(10(8)14-15-11)9-6-13-4-5-16-9/h1-3,9,13H,4-6H2,(H,14,15). The van der Waals surface area contributed by atoms with Gasteiger partial charge in [-0.25, -0.2) is 0 Å². The van der Waals surface area contributed by atoms with Crippen molar-refractivity contribution in [3.63, 3.8) is 0 Å². The van der Waals surface area contributed by atoms with E-state index in [0.29, 0.717) is 0 Å². The number of morpholine rings is 1. The van der Waals surface area contributed by atoms with Crippen molar-refractivity contribution < 1.29 is 4.74 Å². The molecule has 1 saturated heterocycles. The van der Waals surface area contributed by atoms with Crippen LogP contribution in [0.25, 0.3) is 10.9 Å². The van der Waals surface area contributed by atoms with E-state index in [1.165, 1.54) is 0 Å². The van der Waals surface area contributed by atoms with Crippen LogP contribution in [0, 0.1) is 0 Å². The second kappa shape index (κ2) is 4.16. The highest BCUT2D eigenvalue weighted by Gasteiger charge is 2.19. The maximum atomic E-state index is 5.75. The molecule has 16 heavy (non-hydrogen) atoms. The van der Waals surface area contributed by atoms with Crippen molar-refractivity contribution in [1.82, 2.24) is 15.5 Å². The molecule has 1 aliphatic rings. The van der Waals surface area contributed by atoms with Crippen LogP contribution in [0.2, 0.25) is 0 Å². The van der Waals surface area contributed by atoms with Crippen LogP contribution < -0.4 is 5.32 Å². The molecule has 2 aromatic rings. The second-order valence-corrected chi connectivity index (χ2v) is 4.64. The average Bonchev–Trinajstić information content (AvgIpc) is 2.73. The maximum Gasteiger partial charge on any atom is 0.108 e. The van der Waals surface area contributed by atoms with Gasteiger partial charge < -0.3 is 10.1 Å². The summed E-state index contributed by atoms with van der Waals surface area (Å²) in [6.45, 7) is 2.53. The number of para-hydroxylation sites is 1. The molecule has 2 heterocycles. The number of halogens is 1. The van der Waals surface area contributed by atoms with Crippen LogP contribution >= 0.6 is 15.9 Å². The summed E-state index contributed by atoms with van der Waals surface area (Å²) in [6.07, 6.45) is 0.104. The number of rotatable bonds is 1. The van der Waals surface area contributed by atoms with Gasteiger partial charge in [0.25, 0.3) is 0 Å². The van der Waals surface area contributed by atoms with Gasteiger partial charge >= 0.3 is 0 Å². The minimum absolute atomic E-state index is 0.104. The zero-order valence-electron chi connectivity index (χ0n) is 8.66. The van der Waals surface area contributed by atoms with Crippen LogP contribution in [0.4, 0.5) is 0 Å². The number of nitrogens with one attached hydrogen (secondary N) is 2. The minimum atomic E-state index is 0.104. The maximum absolute atomic E-state index is 5.75. The first-order valence-corrected chi connectivity index (χ1v) is 6.10. The van der Waals surface area contributed by atoms with Crippen LogP contribution in [0.1, 0.15) is 11.7 Å². The summed E-state index contributed by atoms with van der Waals surface area (Å²) in [4.78, 5) is 0. The van der Waals surface area contributed by atoms with Crippen molar-refractivity contribution in [3.05, 3.63) is 28.4 Å². The van der Waals surface area contributed by atoms with E-state index >= 15 is 0 Å². The molecule has 1 aromatic heterocycles. The van der Waals surface area contributed by atoms with Crippen LogP contribution in [0.3, 0.4) is 0 Å². The van der Waals surface area contributed by atoms with E-state index in [2.05, 4.69) is 37.5 Å². The Bertz CT molecular complexity index is 505. The predicted molar refractivity (Wildman–Crippen MR) is 65.4 cm³/mol. The molecule has 0 radical (unpaired) electrons. The lowest BCUT2D eigenvalue weighted by atomic mass is 10.1. The summed E-state index contributed by atoms with van der Waals surface area (Å²) in [7, 11) is 0. The summed E-state index contributed by atoms with van der Waals surface area (Å²) >= 11 is 3.45. The van der Waals surface area contributed by atoms with Gasteiger partial charge in [0, 0.05) is 24.0 Å². The molecule has 2 N–H and O–H groups in total. The van der Waals surface area contributed by atoms with Crippen molar-refractivity contribution in [2.45, 2.75) is 6.10 Å². The van der Waals surface area contributed by atoms with Crippen molar-refractivity contribution in [2.75, 3.05) is 19.7 Å². The molecule has 5 heteroatoms. The molecule has 4 nitrogen and oxygen atoms in total. The van der Waals surface area contributed by atoms with Gasteiger partial charge in [0.05, 0.1) is 18.2 Å². The highest BCUT2D eigenvalue weighted by atomic mass is 79.9. The molecule has 1 aromatic carbocycles. The lowest BCUT2D eigenvalue weighted by Gasteiger charge is -2.24. The molecule has 1 unspecified atom stereocenters. The van der Waals surface area contributed by atoms with E-state index in [-0.39, 0.29) is 6.10 Å². The molecule has 84 valence electrons. The topological polar surface area (TPSA) is 49.9 Å². The van der Waals surface area contributed by atoms with Gasteiger partial charge in [-0.05, 0) is 15.9 Å². The molecule has 1 aliphatic heterocycles. The van der Waals surface area contributed by atoms with Gasteiger partial charge in [-0.15, -0.1) is 0 Å². The number of aromatic nitrogens is 2. The van der Waals surface area contributed by atoms with Gasteiger partial charge in [-0.1, -0.05) is 18.2 Å². The molecular weight excluding hydrogens is 270 g/mol. The first-order valence-electron chi connectivity index (χ1n) is 5.31. The molecule has 1 atom stereocenters. The highest BCUT2D eigenvalue weighted by Crippen LogP contribution is 2.29. The smallest absolute Gasteiger partial charge is 0.108 e. The average molecular weight is 282 g/mol. The highest BCUT2D eigenvalue weighted by molar-refractivity contribution is 9.10. The Kier molecular flexibility index (Phi) is 2.67. The Hall–Kier alpha value is -0.910. The number of aromatic amines is 1. The molecule has 0 spiro atoms. The first-order chi connectivity index (χ1) is 7.86. The van der Waals surface area contributed by atoms with Crippen molar-refractivity contribution in [1.29, 1.82) is 0 Å². The summed E-state index contributed by atoms with van der Waals surface area (Å²) in [6, 6.07) is 6.16. The number of fused-ring (bicyclic) bond motifs is 1. The molecule has 0 aliphatic carbocycles. The number of nitrogens with zero attached hydrogens (tertiary/aromatic N) is 1. The summed E-state index contributed by atoms with van der Waals surface area (Å²) in [5.41, 5.74) is 2.13. The molecule has 0 amide bonds. The fourth-order valence-electron chi connectivity index (χ4n) is 2.05. The lowest BCUT2D eigenvalue weighted by Crippen LogP contribution is -2.33. The first kappa shape index (κ1) is 10.3. The molecule has 0 bridgehead atoms. The van der Waals surface area contributed by atoms with Crippen molar-refractivity contribution in [3.8, 4) is 0 Å². The molecular formula is C11H12BrN3O. The third-order valence-corrected chi connectivity index (χ3v) is 3.45. The summed E-state index contributed by atoms with van der Waals surface area (Å²) in [5.74, 6) is 0. The van der Waals surface area contributed by atoms with Crippen LogP contribution in [0.5, 0.6) is 0 Å². The van der Waals surface area contributed by atoms with E-state index < -0.39 is 0 Å². The number of hydrogen-bond donors (Lipinski definition) is 2. The fourth-order valence-corrected chi connectivity index (χ4v) is 2.46. The fraction of sp³-hybridized carbons (Fsp3) is 0.364. The van der Waals surface area contributed by atoms with Crippen molar-refractivity contribution >= 4 is 26.8 Å². The summed E-state index contributed by atoms with van der Waals surface area (Å²) in [5, 5.41) is 11.7. The van der Waals surface area contributed by atoms with E-state index in [1.807, 2.05) is 12.1 Å². The van der Waals surface area contributed by atoms with E-state index in [9.17, 15) is 0 Å². The van der Waals surface area contributed by atoms with Crippen LogP contribution in [-0.4, -0.2) is 29.9 Å². The summed E-state index contributed by atoms with van der Waals surface area (Å²) < 4.78 is 6.67. The Balaban J connectivity index is 2.08. The zero-order valence-corrected chi connectivity index (χ0v) is 10.3. The van der Waals surface area contributed by atoms with Gasteiger partial charge in [0.2, 0.25) is 0 Å². The Morgan fingerprint density at radius 2 is 2.38 bits per heavy atom. The Morgan fingerprint density at radius 3 is 3.19 bits per heavy atom.